The summed E-state index contributed by atoms with van der Waals surface area (Å²) in [6, 6.07) is 1.89. The van der Waals surface area contributed by atoms with E-state index in [1.807, 2.05) is 13.0 Å². The molecule has 29 heavy (non-hydrogen) atoms. The topological polar surface area (TPSA) is 76.8 Å². The number of ether oxygens (including phenoxy) is 2. The van der Waals surface area contributed by atoms with Crippen LogP contribution in [-0.2, 0) is 11.2 Å². The maximum atomic E-state index is 12.9. The minimum atomic E-state index is -0.0183. The van der Waals surface area contributed by atoms with E-state index in [9.17, 15) is 4.79 Å². The number of carbonyl (C=O) groups is 1. The van der Waals surface area contributed by atoms with Gasteiger partial charge in [-0.1, -0.05) is 0 Å². The summed E-state index contributed by atoms with van der Waals surface area (Å²) in [6.45, 7) is 8.88. The van der Waals surface area contributed by atoms with Crippen molar-refractivity contribution in [3.8, 4) is 5.75 Å². The van der Waals surface area contributed by atoms with Crippen molar-refractivity contribution in [3.05, 3.63) is 22.8 Å². The van der Waals surface area contributed by atoms with Crippen molar-refractivity contribution in [1.82, 2.24) is 10.2 Å². The Balaban J connectivity index is 1.14. The number of likely N-dealkylation sites (tertiary alicyclic amines) is 1. The van der Waals surface area contributed by atoms with Crippen LogP contribution in [0, 0.1) is 30.6 Å². The van der Waals surface area contributed by atoms with Crippen LogP contribution >= 0.6 is 0 Å². The smallest absolute Gasteiger partial charge is 0.255 e. The first kappa shape index (κ1) is 19.2. The molecule has 4 aliphatic rings. The molecule has 1 aromatic carbocycles. The van der Waals surface area contributed by atoms with Gasteiger partial charge in [-0.2, -0.15) is 0 Å². The zero-order chi connectivity index (χ0) is 20.0. The van der Waals surface area contributed by atoms with Crippen molar-refractivity contribution in [2.75, 3.05) is 51.7 Å². The van der Waals surface area contributed by atoms with E-state index < -0.39 is 0 Å². The van der Waals surface area contributed by atoms with E-state index in [1.54, 1.807) is 0 Å². The van der Waals surface area contributed by atoms with E-state index in [2.05, 4.69) is 10.2 Å². The van der Waals surface area contributed by atoms with Crippen LogP contribution in [-0.4, -0.2) is 56.8 Å². The van der Waals surface area contributed by atoms with Gasteiger partial charge >= 0.3 is 0 Å². The van der Waals surface area contributed by atoms with Crippen LogP contribution < -0.4 is 15.8 Å². The number of rotatable bonds is 5. The summed E-state index contributed by atoms with van der Waals surface area (Å²) in [5.74, 6) is 3.64. The quantitative estimate of drug-likeness (QED) is 0.743. The molecule has 3 aliphatic heterocycles. The van der Waals surface area contributed by atoms with Gasteiger partial charge in [-0.15, -0.1) is 0 Å². The van der Waals surface area contributed by atoms with Crippen molar-refractivity contribution in [3.63, 3.8) is 0 Å². The molecule has 3 N–H and O–H groups in total. The molecule has 0 bridgehead atoms. The molecule has 2 unspecified atom stereocenters. The number of nitrogens with zero attached hydrogens (tertiary/aromatic N) is 1. The van der Waals surface area contributed by atoms with Gasteiger partial charge in [-0.3, -0.25) is 4.79 Å². The number of hydrogen-bond donors (Lipinski definition) is 2. The van der Waals surface area contributed by atoms with Gasteiger partial charge in [0.2, 0.25) is 0 Å². The lowest BCUT2D eigenvalue weighted by Gasteiger charge is -2.28. The lowest BCUT2D eigenvalue weighted by atomic mass is 9.96. The zero-order valence-corrected chi connectivity index (χ0v) is 17.4. The third-order valence-corrected chi connectivity index (χ3v) is 7.49. The number of carbonyl (C=O) groups excluding carboxylic acids is 1. The Hall–Kier alpha value is -1.79. The van der Waals surface area contributed by atoms with Crippen LogP contribution in [0.5, 0.6) is 5.75 Å². The van der Waals surface area contributed by atoms with Crippen LogP contribution in [0.4, 0.5) is 5.69 Å². The van der Waals surface area contributed by atoms with Gasteiger partial charge in [0.05, 0.1) is 12.2 Å². The van der Waals surface area contributed by atoms with Crippen LogP contribution in [0.15, 0.2) is 6.07 Å². The number of fused-ring (bicyclic) bond motifs is 2. The van der Waals surface area contributed by atoms with Crippen LogP contribution in [0.3, 0.4) is 0 Å². The molecule has 0 aromatic heterocycles. The fraction of sp³-hybridized carbons (Fsp3) is 0.696. The second-order valence-electron chi connectivity index (χ2n) is 9.39. The van der Waals surface area contributed by atoms with Gasteiger partial charge in [0.1, 0.15) is 5.75 Å². The predicted molar refractivity (Wildman–Crippen MR) is 112 cm³/mol. The zero-order valence-electron chi connectivity index (χ0n) is 17.4. The first-order chi connectivity index (χ1) is 14.1. The highest BCUT2D eigenvalue weighted by molar-refractivity contribution is 5.98. The largest absolute Gasteiger partial charge is 0.492 e. The second kappa shape index (κ2) is 7.80. The average molecular weight is 400 g/mol. The molecule has 0 radical (unpaired) electrons. The summed E-state index contributed by atoms with van der Waals surface area (Å²) in [4.78, 5) is 15.5. The Labute approximate surface area is 173 Å². The molecular weight excluding hydrogens is 366 g/mol. The van der Waals surface area contributed by atoms with Gasteiger partial charge in [0.25, 0.3) is 5.91 Å². The Morgan fingerprint density at radius 1 is 1.24 bits per heavy atom. The monoisotopic (exact) mass is 399 g/mol. The lowest BCUT2D eigenvalue weighted by Crippen LogP contribution is -2.35. The average Bonchev–Trinajstić information content (AvgIpc) is 3.20. The fourth-order valence-corrected chi connectivity index (χ4v) is 5.68. The number of piperidine rings is 1. The number of hydrogen-bond acceptors (Lipinski definition) is 5. The summed E-state index contributed by atoms with van der Waals surface area (Å²) in [5, 5.41) is 3.19. The number of amides is 1. The third kappa shape index (κ3) is 3.73. The number of aryl methyl sites for hydroxylation is 1. The van der Waals surface area contributed by atoms with Crippen LogP contribution in [0.2, 0.25) is 0 Å². The summed E-state index contributed by atoms with van der Waals surface area (Å²) < 4.78 is 11.3. The summed E-state index contributed by atoms with van der Waals surface area (Å²) in [6.07, 6.45) is 4.26. The van der Waals surface area contributed by atoms with Gasteiger partial charge in [-0.25, -0.2) is 0 Å². The highest BCUT2D eigenvalue weighted by Crippen LogP contribution is 2.51. The Morgan fingerprint density at radius 3 is 2.76 bits per heavy atom. The van der Waals surface area contributed by atoms with E-state index >= 15 is 0 Å². The van der Waals surface area contributed by atoms with E-state index in [0.717, 1.165) is 67.2 Å². The van der Waals surface area contributed by atoms with Gasteiger partial charge in [-0.05, 0) is 67.9 Å². The molecule has 1 amide bonds. The number of nitrogen functional groups attached to an aromatic ring is 1. The van der Waals surface area contributed by atoms with Crippen molar-refractivity contribution < 1.29 is 14.3 Å². The number of nitrogens with one attached hydrogen (secondary N) is 1. The van der Waals surface area contributed by atoms with Crippen molar-refractivity contribution >= 4 is 11.6 Å². The highest BCUT2D eigenvalue weighted by atomic mass is 16.5. The molecule has 0 spiro atoms. The minimum Gasteiger partial charge on any atom is -0.492 e. The first-order valence-electron chi connectivity index (χ1n) is 11.2. The molecule has 6 heteroatoms. The molecule has 3 fully saturated rings. The number of benzene rings is 1. The first-order valence-corrected chi connectivity index (χ1v) is 11.2. The summed E-state index contributed by atoms with van der Waals surface area (Å²) in [5.41, 5.74) is 9.62. The Morgan fingerprint density at radius 2 is 2.00 bits per heavy atom. The molecule has 1 aromatic rings. The van der Waals surface area contributed by atoms with Gasteiger partial charge in [0.15, 0.2) is 0 Å². The fourth-order valence-electron chi connectivity index (χ4n) is 5.68. The maximum Gasteiger partial charge on any atom is 0.255 e. The third-order valence-electron chi connectivity index (χ3n) is 7.49. The van der Waals surface area contributed by atoms with E-state index in [-0.39, 0.29) is 5.91 Å². The summed E-state index contributed by atoms with van der Waals surface area (Å²) >= 11 is 0. The standard InChI is InChI=1S/C23H33N3O3/c1-14-9-17(22-16(21(14)24)3-2-6-29-22)23(27)25-10-18-19-12-26(13-20(18)19)11-15-4-7-28-8-5-15/h9,15,18-20H,2-8,10-13,24H2,1H3,(H,25,27). The Bertz CT molecular complexity index is 778. The molecule has 2 atom stereocenters. The van der Waals surface area contributed by atoms with Crippen LogP contribution in [0.25, 0.3) is 0 Å². The molecule has 1 aliphatic carbocycles. The highest BCUT2D eigenvalue weighted by Gasteiger charge is 2.55. The van der Waals surface area contributed by atoms with Crippen molar-refractivity contribution in [2.45, 2.75) is 32.6 Å². The van der Waals surface area contributed by atoms with Crippen molar-refractivity contribution in [1.29, 1.82) is 0 Å². The molecule has 3 heterocycles. The van der Waals surface area contributed by atoms with Crippen LogP contribution in [0.1, 0.15) is 40.7 Å². The van der Waals surface area contributed by atoms with E-state index in [0.29, 0.717) is 23.8 Å². The molecule has 2 saturated heterocycles. The van der Waals surface area contributed by atoms with E-state index in [1.165, 1.54) is 32.5 Å². The molecule has 5 rings (SSSR count). The van der Waals surface area contributed by atoms with Gasteiger partial charge in [0, 0.05) is 50.6 Å². The predicted octanol–water partition coefficient (Wildman–Crippen LogP) is 2.24. The molecular formula is C23H33N3O3. The second-order valence-corrected chi connectivity index (χ2v) is 9.39. The summed E-state index contributed by atoms with van der Waals surface area (Å²) in [7, 11) is 0. The molecule has 6 nitrogen and oxygen atoms in total. The number of anilines is 1. The van der Waals surface area contributed by atoms with E-state index in [4.69, 9.17) is 15.2 Å². The lowest BCUT2D eigenvalue weighted by molar-refractivity contribution is 0.0535. The normalized spacial score (nSPS) is 29.1. The SMILES string of the molecule is Cc1cc(C(=O)NCC2C3CN(CC4CCOCC4)CC23)c2c(c1N)CCCO2. The Kier molecular flexibility index (Phi) is 5.16. The minimum absolute atomic E-state index is 0.0183. The maximum absolute atomic E-state index is 12.9. The van der Waals surface area contributed by atoms with Crippen molar-refractivity contribution in [2.24, 2.45) is 23.7 Å². The molecule has 1 saturated carbocycles. The van der Waals surface area contributed by atoms with Gasteiger partial charge < -0.3 is 25.4 Å². The molecule has 158 valence electrons. The number of nitrogens with two attached hydrogens (primary N) is 1.